The summed E-state index contributed by atoms with van der Waals surface area (Å²) in [7, 11) is 0. The molecule has 2 nitrogen and oxygen atoms in total. The number of carbonyl (C=O) groups is 1. The lowest BCUT2D eigenvalue weighted by Gasteiger charge is -2.09. The number of amides is 1. The van der Waals surface area contributed by atoms with Crippen LogP contribution in [0.3, 0.4) is 0 Å². The molecule has 1 N–H and O–H groups in total. The Morgan fingerprint density at radius 3 is 2.56 bits per heavy atom. The third kappa shape index (κ3) is 3.51. The number of hydrogen-bond acceptors (Lipinski definition) is 2. The topological polar surface area (TPSA) is 29.1 Å². The summed E-state index contributed by atoms with van der Waals surface area (Å²) in [5.41, 5.74) is 0.104. The number of alkyl halides is 3. The van der Waals surface area contributed by atoms with Gasteiger partial charge in [0.25, 0.3) is 5.91 Å². The predicted octanol–water partition coefficient (Wildman–Crippen LogP) is 5.30. The third-order valence-corrected chi connectivity index (χ3v) is 5.07. The molecule has 0 radical (unpaired) electrons. The van der Waals surface area contributed by atoms with Gasteiger partial charge in [0.2, 0.25) is 0 Å². The van der Waals surface area contributed by atoms with Gasteiger partial charge in [0.1, 0.15) is 5.82 Å². The Bertz CT molecular complexity index is 946. The first-order valence-electron chi connectivity index (χ1n) is 7.39. The SMILES string of the molecule is Cc1c(C(=O)NCc2cccc(C(F)(F)F)c2)sc2cccc(F)c12. The summed E-state index contributed by atoms with van der Waals surface area (Å²) in [6.45, 7) is 1.61. The fourth-order valence-corrected chi connectivity index (χ4v) is 3.73. The number of hydrogen-bond donors (Lipinski definition) is 1. The zero-order valence-corrected chi connectivity index (χ0v) is 13.9. The number of halogens is 4. The van der Waals surface area contributed by atoms with E-state index in [1.807, 2.05) is 0 Å². The lowest BCUT2D eigenvalue weighted by Crippen LogP contribution is -2.22. The maximum absolute atomic E-state index is 13.9. The van der Waals surface area contributed by atoms with E-state index in [9.17, 15) is 22.4 Å². The van der Waals surface area contributed by atoms with Gasteiger partial charge in [0.05, 0.1) is 10.4 Å². The van der Waals surface area contributed by atoms with Crippen LogP contribution in [-0.2, 0) is 12.7 Å². The lowest BCUT2D eigenvalue weighted by atomic mass is 10.1. The minimum atomic E-state index is -4.43. The highest BCUT2D eigenvalue weighted by molar-refractivity contribution is 7.21. The van der Waals surface area contributed by atoms with E-state index in [1.54, 1.807) is 19.1 Å². The first-order valence-corrected chi connectivity index (χ1v) is 8.21. The zero-order valence-electron chi connectivity index (χ0n) is 13.1. The number of fused-ring (bicyclic) bond motifs is 1. The Morgan fingerprint density at radius 1 is 1.16 bits per heavy atom. The minimum Gasteiger partial charge on any atom is -0.347 e. The van der Waals surface area contributed by atoms with Gasteiger partial charge in [0, 0.05) is 16.6 Å². The van der Waals surface area contributed by atoms with Crippen LogP contribution in [0.1, 0.15) is 26.4 Å². The van der Waals surface area contributed by atoms with Gasteiger partial charge in [-0.2, -0.15) is 13.2 Å². The van der Waals surface area contributed by atoms with Crippen LogP contribution in [0.5, 0.6) is 0 Å². The first kappa shape index (κ1) is 17.4. The van der Waals surface area contributed by atoms with E-state index >= 15 is 0 Å². The molecule has 0 unspecified atom stereocenters. The standard InChI is InChI=1S/C18H13F4NOS/c1-10-15-13(19)6-3-7-14(15)25-16(10)17(24)23-9-11-4-2-5-12(8-11)18(20,21)22/h2-8H,9H2,1H3,(H,23,24). The number of rotatable bonds is 3. The normalized spacial score (nSPS) is 11.7. The average Bonchev–Trinajstić information content (AvgIpc) is 2.90. The molecule has 1 aromatic heterocycles. The summed E-state index contributed by atoms with van der Waals surface area (Å²) >= 11 is 1.16. The third-order valence-electron chi connectivity index (χ3n) is 3.82. The quantitative estimate of drug-likeness (QED) is 0.626. The average molecular weight is 367 g/mol. The maximum atomic E-state index is 13.9. The molecule has 0 bridgehead atoms. The Morgan fingerprint density at radius 2 is 1.88 bits per heavy atom. The molecular formula is C18H13F4NOS. The van der Waals surface area contributed by atoms with E-state index in [0.717, 1.165) is 23.5 Å². The van der Waals surface area contributed by atoms with Crippen LogP contribution in [0, 0.1) is 12.7 Å². The number of carbonyl (C=O) groups excluding carboxylic acids is 1. The van der Waals surface area contributed by atoms with Crippen molar-refractivity contribution >= 4 is 27.3 Å². The van der Waals surface area contributed by atoms with E-state index in [0.29, 0.717) is 26.1 Å². The van der Waals surface area contributed by atoms with Gasteiger partial charge in [-0.1, -0.05) is 18.2 Å². The molecule has 3 aromatic rings. The molecule has 7 heteroatoms. The summed E-state index contributed by atoms with van der Waals surface area (Å²) in [5.74, 6) is -0.835. The fourth-order valence-electron chi connectivity index (χ4n) is 2.59. The zero-order chi connectivity index (χ0) is 18.2. The smallest absolute Gasteiger partial charge is 0.347 e. The van der Waals surface area contributed by atoms with Crippen LogP contribution < -0.4 is 5.32 Å². The summed E-state index contributed by atoms with van der Waals surface area (Å²) in [5, 5.41) is 3.00. The molecule has 0 atom stereocenters. The number of benzene rings is 2. The molecule has 2 aromatic carbocycles. The van der Waals surface area contributed by atoms with Crippen molar-refractivity contribution in [3.05, 3.63) is 69.8 Å². The summed E-state index contributed by atoms with van der Waals surface area (Å²) < 4.78 is 52.7. The van der Waals surface area contributed by atoms with Crippen LogP contribution in [-0.4, -0.2) is 5.91 Å². The van der Waals surface area contributed by atoms with Crippen molar-refractivity contribution in [3.63, 3.8) is 0 Å². The van der Waals surface area contributed by atoms with Gasteiger partial charge >= 0.3 is 6.18 Å². The highest BCUT2D eigenvalue weighted by Gasteiger charge is 2.30. The van der Waals surface area contributed by atoms with Gasteiger partial charge in [-0.15, -0.1) is 11.3 Å². The van der Waals surface area contributed by atoms with Crippen molar-refractivity contribution in [3.8, 4) is 0 Å². The van der Waals surface area contributed by atoms with E-state index in [4.69, 9.17) is 0 Å². The van der Waals surface area contributed by atoms with E-state index in [2.05, 4.69) is 5.32 Å². The van der Waals surface area contributed by atoms with Gasteiger partial charge in [0.15, 0.2) is 0 Å². The lowest BCUT2D eigenvalue weighted by molar-refractivity contribution is -0.137. The van der Waals surface area contributed by atoms with Crippen LogP contribution in [0.15, 0.2) is 42.5 Å². The van der Waals surface area contributed by atoms with Gasteiger partial charge < -0.3 is 5.32 Å². The predicted molar refractivity (Wildman–Crippen MR) is 89.1 cm³/mol. The second kappa shape index (κ2) is 6.48. The molecule has 0 aliphatic carbocycles. The monoisotopic (exact) mass is 367 g/mol. The second-order valence-electron chi connectivity index (χ2n) is 5.55. The molecule has 1 heterocycles. The van der Waals surface area contributed by atoms with E-state index in [1.165, 1.54) is 18.2 Å². The van der Waals surface area contributed by atoms with Gasteiger partial charge in [-0.3, -0.25) is 4.79 Å². The van der Waals surface area contributed by atoms with Crippen molar-refractivity contribution < 1.29 is 22.4 Å². The van der Waals surface area contributed by atoms with Crippen LogP contribution in [0.2, 0.25) is 0 Å². The summed E-state index contributed by atoms with van der Waals surface area (Å²) in [6.07, 6.45) is -4.43. The highest BCUT2D eigenvalue weighted by Crippen LogP contribution is 2.33. The van der Waals surface area contributed by atoms with Crippen molar-refractivity contribution in [2.45, 2.75) is 19.6 Å². The van der Waals surface area contributed by atoms with Crippen LogP contribution >= 0.6 is 11.3 Å². The molecule has 0 spiro atoms. The van der Waals surface area contributed by atoms with Crippen LogP contribution in [0.25, 0.3) is 10.1 Å². The Hall–Kier alpha value is -2.41. The number of aryl methyl sites for hydroxylation is 1. The molecule has 130 valence electrons. The van der Waals surface area contributed by atoms with Gasteiger partial charge in [-0.05, 0) is 42.3 Å². The van der Waals surface area contributed by atoms with E-state index in [-0.39, 0.29) is 6.54 Å². The summed E-state index contributed by atoms with van der Waals surface area (Å²) in [4.78, 5) is 12.7. The first-order chi connectivity index (χ1) is 11.8. The van der Waals surface area contributed by atoms with Crippen molar-refractivity contribution in [1.82, 2.24) is 5.32 Å². The largest absolute Gasteiger partial charge is 0.416 e. The fraction of sp³-hybridized carbons (Fsp3) is 0.167. The molecule has 0 aliphatic rings. The minimum absolute atomic E-state index is 0.0427. The molecule has 25 heavy (non-hydrogen) atoms. The molecule has 0 saturated carbocycles. The molecular weight excluding hydrogens is 354 g/mol. The van der Waals surface area contributed by atoms with Crippen LogP contribution in [0.4, 0.5) is 17.6 Å². The molecule has 0 fully saturated rings. The van der Waals surface area contributed by atoms with Crippen molar-refractivity contribution in [1.29, 1.82) is 0 Å². The Kier molecular flexibility index (Phi) is 4.51. The van der Waals surface area contributed by atoms with E-state index < -0.39 is 23.5 Å². The summed E-state index contributed by atoms with van der Waals surface area (Å²) in [6, 6.07) is 9.39. The molecule has 3 rings (SSSR count). The second-order valence-corrected chi connectivity index (χ2v) is 6.60. The van der Waals surface area contributed by atoms with Crippen molar-refractivity contribution in [2.24, 2.45) is 0 Å². The highest BCUT2D eigenvalue weighted by atomic mass is 32.1. The number of thiophene rings is 1. The van der Waals surface area contributed by atoms with Crippen molar-refractivity contribution in [2.75, 3.05) is 0 Å². The Labute approximate surface area is 145 Å². The molecule has 0 aliphatic heterocycles. The molecule has 1 amide bonds. The Balaban J connectivity index is 1.80. The maximum Gasteiger partial charge on any atom is 0.416 e. The molecule has 0 saturated heterocycles. The number of nitrogens with one attached hydrogen (secondary N) is 1. The van der Waals surface area contributed by atoms with Gasteiger partial charge in [-0.25, -0.2) is 4.39 Å².